The largest absolute Gasteiger partial charge is 0.338 e. The summed E-state index contributed by atoms with van der Waals surface area (Å²) in [5.41, 5.74) is 2.52. The Hall–Kier alpha value is -3.19. The fraction of sp³-hybridized carbons (Fsp3) is 0.360. The number of hydrogen-bond acceptors (Lipinski definition) is 5. The molecule has 2 aromatic carbocycles. The van der Waals surface area contributed by atoms with Gasteiger partial charge in [-0.25, -0.2) is 9.38 Å². The monoisotopic (exact) mass is 460 g/mol. The van der Waals surface area contributed by atoms with Crippen LogP contribution in [0, 0.1) is 5.92 Å². The van der Waals surface area contributed by atoms with Crippen molar-refractivity contribution in [1.29, 1.82) is 0 Å². The van der Waals surface area contributed by atoms with Crippen LogP contribution in [0.15, 0.2) is 48.5 Å². The topological polar surface area (TPSA) is 66.6 Å². The molecular weight excluding hydrogens is 436 g/mol. The summed E-state index contributed by atoms with van der Waals surface area (Å²) in [5.74, 6) is 2.07. The molecule has 1 atom stereocenters. The van der Waals surface area contributed by atoms with Gasteiger partial charge in [0, 0.05) is 47.6 Å². The van der Waals surface area contributed by atoms with E-state index in [4.69, 9.17) is 16.6 Å². The first-order chi connectivity index (χ1) is 16.1. The number of aromatic nitrogens is 4. The third-order valence-corrected chi connectivity index (χ3v) is 7.20. The second-order valence-electron chi connectivity index (χ2n) is 9.08. The molecule has 3 heterocycles. The van der Waals surface area contributed by atoms with E-state index in [9.17, 15) is 4.79 Å². The summed E-state index contributed by atoms with van der Waals surface area (Å²) in [5, 5.41) is 10.6. The summed E-state index contributed by atoms with van der Waals surface area (Å²) in [6, 6.07) is 15.8. The maximum atomic E-state index is 12.9. The smallest absolute Gasteiger partial charge is 0.226 e. The normalized spacial score (nSPS) is 19.3. The van der Waals surface area contributed by atoms with Gasteiger partial charge in [0.15, 0.2) is 11.5 Å². The third kappa shape index (κ3) is 3.42. The van der Waals surface area contributed by atoms with Crippen molar-refractivity contribution in [3.63, 3.8) is 0 Å². The summed E-state index contributed by atoms with van der Waals surface area (Å²) in [6.07, 6.45) is 3.23. The van der Waals surface area contributed by atoms with E-state index < -0.39 is 0 Å². The molecule has 8 heteroatoms. The number of piperazine rings is 1. The standard InChI is InChI=1S/C25H25ClN6O/c1-16-15-30(12-13-31(16)24(33)18-8-5-9-18)25-27-21-14-19(26)10-11-20(21)23-29-28-22(32(23)25)17-6-3-2-4-7-17/h2-4,6-7,10-11,14,16,18H,5,8-9,12-13,15H2,1H3. The molecule has 1 aliphatic carbocycles. The Kier molecular flexibility index (Phi) is 4.94. The predicted molar refractivity (Wildman–Crippen MR) is 129 cm³/mol. The van der Waals surface area contributed by atoms with Crippen LogP contribution in [-0.4, -0.2) is 56.1 Å². The van der Waals surface area contributed by atoms with Gasteiger partial charge >= 0.3 is 0 Å². The maximum absolute atomic E-state index is 12.9. The number of hydrogen-bond donors (Lipinski definition) is 0. The van der Waals surface area contributed by atoms with Crippen molar-refractivity contribution in [3.8, 4) is 11.4 Å². The highest BCUT2D eigenvalue weighted by atomic mass is 35.5. The van der Waals surface area contributed by atoms with Crippen LogP contribution in [0.1, 0.15) is 26.2 Å². The zero-order chi connectivity index (χ0) is 22.5. The van der Waals surface area contributed by atoms with Crippen molar-refractivity contribution in [2.24, 2.45) is 5.92 Å². The number of fused-ring (bicyclic) bond motifs is 3. The molecule has 2 aliphatic rings. The van der Waals surface area contributed by atoms with Gasteiger partial charge < -0.3 is 9.80 Å². The first-order valence-electron chi connectivity index (χ1n) is 11.6. The van der Waals surface area contributed by atoms with Crippen molar-refractivity contribution < 1.29 is 4.79 Å². The molecule has 33 heavy (non-hydrogen) atoms. The Morgan fingerprint density at radius 2 is 1.88 bits per heavy atom. The Labute approximate surface area is 197 Å². The van der Waals surface area contributed by atoms with E-state index in [2.05, 4.69) is 26.9 Å². The van der Waals surface area contributed by atoms with E-state index in [0.717, 1.165) is 46.7 Å². The highest BCUT2D eigenvalue weighted by Crippen LogP contribution is 2.32. The fourth-order valence-corrected chi connectivity index (χ4v) is 5.10. The molecule has 6 rings (SSSR count). The quantitative estimate of drug-likeness (QED) is 0.452. The van der Waals surface area contributed by atoms with E-state index in [-0.39, 0.29) is 12.0 Å². The number of amides is 1. The van der Waals surface area contributed by atoms with Gasteiger partial charge in [0.05, 0.1) is 5.52 Å². The highest BCUT2D eigenvalue weighted by molar-refractivity contribution is 6.31. The van der Waals surface area contributed by atoms with Gasteiger partial charge in [-0.1, -0.05) is 48.4 Å². The summed E-state index contributed by atoms with van der Waals surface area (Å²) >= 11 is 6.29. The highest BCUT2D eigenvalue weighted by Gasteiger charge is 2.35. The molecule has 7 nitrogen and oxygen atoms in total. The van der Waals surface area contributed by atoms with Crippen molar-refractivity contribution in [2.75, 3.05) is 24.5 Å². The van der Waals surface area contributed by atoms with Crippen LogP contribution < -0.4 is 4.90 Å². The molecule has 0 bridgehead atoms. The molecule has 0 radical (unpaired) electrons. The average Bonchev–Trinajstić information content (AvgIpc) is 3.23. The van der Waals surface area contributed by atoms with Crippen LogP contribution in [0.2, 0.25) is 5.02 Å². The van der Waals surface area contributed by atoms with Crippen LogP contribution in [-0.2, 0) is 4.79 Å². The molecular formula is C25H25ClN6O. The van der Waals surface area contributed by atoms with Crippen LogP contribution >= 0.6 is 11.6 Å². The van der Waals surface area contributed by atoms with E-state index in [1.807, 2.05) is 52.9 Å². The SMILES string of the molecule is CC1CN(c2nc3cc(Cl)ccc3c3nnc(-c4ccccc4)n23)CCN1C(=O)C1CCC1. The van der Waals surface area contributed by atoms with Crippen molar-refractivity contribution in [1.82, 2.24) is 24.5 Å². The lowest BCUT2D eigenvalue weighted by molar-refractivity contribution is -0.140. The van der Waals surface area contributed by atoms with Gasteiger partial charge in [0.25, 0.3) is 0 Å². The van der Waals surface area contributed by atoms with Crippen LogP contribution in [0.4, 0.5) is 5.95 Å². The van der Waals surface area contributed by atoms with Gasteiger partial charge in [-0.15, -0.1) is 10.2 Å². The average molecular weight is 461 g/mol. The first-order valence-corrected chi connectivity index (χ1v) is 11.9. The molecule has 1 amide bonds. The summed E-state index contributed by atoms with van der Waals surface area (Å²) in [6.45, 7) is 4.24. The number of anilines is 1. The Bertz CT molecular complexity index is 1350. The number of carbonyl (C=O) groups is 1. The molecule has 0 N–H and O–H groups in total. The van der Waals surface area contributed by atoms with Gasteiger partial charge in [-0.05, 0) is 38.0 Å². The molecule has 4 aromatic rings. The van der Waals surface area contributed by atoms with Gasteiger partial charge in [-0.3, -0.25) is 4.79 Å². The van der Waals surface area contributed by atoms with E-state index in [1.165, 1.54) is 6.42 Å². The minimum atomic E-state index is 0.107. The molecule has 1 unspecified atom stereocenters. The summed E-state index contributed by atoms with van der Waals surface area (Å²) < 4.78 is 2.04. The van der Waals surface area contributed by atoms with E-state index in [0.29, 0.717) is 30.6 Å². The molecule has 1 saturated heterocycles. The number of nitrogens with zero attached hydrogens (tertiary/aromatic N) is 6. The van der Waals surface area contributed by atoms with Gasteiger partial charge in [-0.2, -0.15) is 0 Å². The molecule has 1 aliphatic heterocycles. The Morgan fingerprint density at radius 1 is 1.06 bits per heavy atom. The van der Waals surface area contributed by atoms with Crippen molar-refractivity contribution in [3.05, 3.63) is 53.6 Å². The third-order valence-electron chi connectivity index (χ3n) is 6.96. The minimum absolute atomic E-state index is 0.107. The van der Waals surface area contributed by atoms with Crippen LogP contribution in [0.5, 0.6) is 0 Å². The summed E-state index contributed by atoms with van der Waals surface area (Å²) in [4.78, 5) is 22.2. The number of benzene rings is 2. The first kappa shape index (κ1) is 20.4. The van der Waals surface area contributed by atoms with E-state index in [1.54, 1.807) is 0 Å². The second-order valence-corrected chi connectivity index (χ2v) is 9.51. The lowest BCUT2D eigenvalue weighted by Crippen LogP contribution is -2.56. The zero-order valence-electron chi connectivity index (χ0n) is 18.5. The second kappa shape index (κ2) is 7.99. The van der Waals surface area contributed by atoms with Gasteiger partial charge in [0.2, 0.25) is 11.9 Å². The fourth-order valence-electron chi connectivity index (χ4n) is 4.93. The maximum Gasteiger partial charge on any atom is 0.226 e. The van der Waals surface area contributed by atoms with E-state index >= 15 is 0 Å². The molecule has 1 saturated carbocycles. The molecule has 2 aromatic heterocycles. The molecule has 2 fully saturated rings. The Morgan fingerprint density at radius 3 is 2.61 bits per heavy atom. The minimum Gasteiger partial charge on any atom is -0.338 e. The number of halogens is 1. The predicted octanol–water partition coefficient (Wildman–Crippen LogP) is 4.44. The zero-order valence-corrected chi connectivity index (χ0v) is 19.2. The summed E-state index contributed by atoms with van der Waals surface area (Å²) in [7, 11) is 0. The number of rotatable bonds is 3. The molecule has 0 spiro atoms. The van der Waals surface area contributed by atoms with Crippen LogP contribution in [0.3, 0.4) is 0 Å². The number of carbonyl (C=O) groups excluding carboxylic acids is 1. The Balaban J connectivity index is 1.45. The van der Waals surface area contributed by atoms with Crippen molar-refractivity contribution >= 4 is 40.0 Å². The lowest BCUT2D eigenvalue weighted by atomic mass is 9.84. The van der Waals surface area contributed by atoms with Crippen LogP contribution in [0.25, 0.3) is 27.9 Å². The van der Waals surface area contributed by atoms with Gasteiger partial charge in [0.1, 0.15) is 0 Å². The molecule has 168 valence electrons. The van der Waals surface area contributed by atoms with Crippen molar-refractivity contribution in [2.45, 2.75) is 32.2 Å². The lowest BCUT2D eigenvalue weighted by Gasteiger charge is -2.43.